The van der Waals surface area contributed by atoms with E-state index in [1.807, 2.05) is 71.1 Å². The molecule has 0 radical (unpaired) electrons. The van der Waals surface area contributed by atoms with Crippen LogP contribution in [0.3, 0.4) is 0 Å². The van der Waals surface area contributed by atoms with Crippen molar-refractivity contribution in [2.45, 2.75) is 6.04 Å². The Morgan fingerprint density at radius 1 is 0.906 bits per heavy atom. The molecule has 2 fully saturated rings. The predicted molar refractivity (Wildman–Crippen MR) is 128 cm³/mol. The van der Waals surface area contributed by atoms with Crippen LogP contribution in [0, 0.1) is 5.92 Å². The van der Waals surface area contributed by atoms with Crippen LogP contribution in [0.2, 0.25) is 0 Å². The smallest absolute Gasteiger partial charge is 0.254 e. The number of carbonyl (C=O) groups excluding carboxylic acids is 1. The lowest BCUT2D eigenvalue weighted by Crippen LogP contribution is -2.56. The quantitative estimate of drug-likeness (QED) is 0.458. The van der Waals surface area contributed by atoms with Crippen molar-refractivity contribution in [1.82, 2.24) is 14.9 Å². The molecule has 2 aliphatic rings. The lowest BCUT2D eigenvalue weighted by Gasteiger charge is -2.43. The molecule has 4 heterocycles. The first-order valence-corrected chi connectivity index (χ1v) is 11.7. The minimum Gasteiger partial charge on any atom is -0.336 e. The van der Waals surface area contributed by atoms with Crippen LogP contribution in [-0.2, 0) is 0 Å². The zero-order valence-electron chi connectivity index (χ0n) is 17.5. The van der Waals surface area contributed by atoms with E-state index in [-0.39, 0.29) is 11.9 Å². The van der Waals surface area contributed by atoms with Gasteiger partial charge in [0.15, 0.2) is 0 Å². The van der Waals surface area contributed by atoms with Gasteiger partial charge in [-0.15, -0.1) is 11.3 Å². The van der Waals surface area contributed by atoms with Gasteiger partial charge >= 0.3 is 0 Å². The average Bonchev–Trinajstić information content (AvgIpc) is 3.49. The molecule has 0 spiro atoms. The highest BCUT2D eigenvalue weighted by Crippen LogP contribution is 2.37. The Bertz CT molecular complexity index is 1260. The molecule has 0 N–H and O–H groups in total. The molecule has 2 saturated heterocycles. The van der Waals surface area contributed by atoms with E-state index < -0.39 is 0 Å². The van der Waals surface area contributed by atoms with E-state index >= 15 is 0 Å². The number of rotatable bonds is 4. The Hall–Kier alpha value is -3.51. The van der Waals surface area contributed by atoms with Gasteiger partial charge in [0.25, 0.3) is 5.91 Å². The Morgan fingerprint density at radius 3 is 2.59 bits per heavy atom. The van der Waals surface area contributed by atoms with E-state index in [0.29, 0.717) is 12.5 Å². The summed E-state index contributed by atoms with van der Waals surface area (Å²) in [5, 5.41) is 2.05. The molecule has 2 atom stereocenters. The van der Waals surface area contributed by atoms with Gasteiger partial charge in [0.05, 0.1) is 11.7 Å². The molecule has 2 aliphatic heterocycles. The fourth-order valence-electron chi connectivity index (χ4n) is 4.78. The molecule has 0 aliphatic carbocycles. The number of hydrogen-bond donors (Lipinski definition) is 0. The van der Waals surface area contributed by atoms with Crippen molar-refractivity contribution in [3.05, 3.63) is 89.9 Å². The highest BCUT2D eigenvalue weighted by Gasteiger charge is 2.48. The largest absolute Gasteiger partial charge is 0.336 e. The minimum atomic E-state index is 0.113. The number of benzene rings is 2. The number of amides is 1. The summed E-state index contributed by atoms with van der Waals surface area (Å²) < 4.78 is 0. The Morgan fingerprint density at radius 2 is 1.75 bits per heavy atom. The van der Waals surface area contributed by atoms with Crippen molar-refractivity contribution in [2.24, 2.45) is 5.92 Å². The molecule has 2 aromatic heterocycles. The lowest BCUT2D eigenvalue weighted by atomic mass is 9.92. The fourth-order valence-corrected chi connectivity index (χ4v) is 5.54. The second-order valence-corrected chi connectivity index (χ2v) is 9.27. The number of hydrogen-bond acceptors (Lipinski definition) is 5. The summed E-state index contributed by atoms with van der Waals surface area (Å²) in [7, 11) is 0. The van der Waals surface area contributed by atoms with Crippen LogP contribution >= 0.6 is 11.3 Å². The molecule has 4 aromatic rings. The highest BCUT2D eigenvalue weighted by atomic mass is 32.1. The molecular formula is C26H22N4OS. The Labute approximate surface area is 191 Å². The van der Waals surface area contributed by atoms with E-state index in [1.165, 1.54) is 0 Å². The van der Waals surface area contributed by atoms with Gasteiger partial charge in [0, 0.05) is 53.3 Å². The first-order chi connectivity index (χ1) is 15.8. The number of carbonyl (C=O) groups is 1. The minimum absolute atomic E-state index is 0.113. The normalized spacial score (nSPS) is 19.5. The van der Waals surface area contributed by atoms with E-state index in [9.17, 15) is 4.79 Å². The first kappa shape index (κ1) is 19.2. The summed E-state index contributed by atoms with van der Waals surface area (Å²) in [6.45, 7) is 2.39. The van der Waals surface area contributed by atoms with Gasteiger partial charge < -0.3 is 9.80 Å². The molecule has 0 unspecified atom stereocenters. The summed E-state index contributed by atoms with van der Waals surface area (Å²) in [5.74, 6) is 1.33. The number of nitrogens with zero attached hydrogens (tertiary/aromatic N) is 4. The zero-order valence-corrected chi connectivity index (χ0v) is 18.3. The van der Waals surface area contributed by atoms with Crippen LogP contribution in [0.25, 0.3) is 21.7 Å². The Kier molecular flexibility index (Phi) is 4.72. The van der Waals surface area contributed by atoms with Crippen LogP contribution in [0.15, 0.2) is 84.4 Å². The zero-order chi connectivity index (χ0) is 21.5. The molecule has 0 saturated carbocycles. The SMILES string of the molecule is O=C(c1ccccc1-c1cccs1)N1C[C@H]2CN(c3nccc(-c4ccccc4)n3)[C@H]2C1. The van der Waals surface area contributed by atoms with E-state index in [0.717, 1.165) is 46.3 Å². The van der Waals surface area contributed by atoms with Crippen molar-refractivity contribution < 1.29 is 4.79 Å². The maximum Gasteiger partial charge on any atom is 0.254 e. The van der Waals surface area contributed by atoms with Gasteiger partial charge in [0.2, 0.25) is 5.95 Å². The summed E-state index contributed by atoms with van der Waals surface area (Å²) in [5.41, 5.74) is 3.81. The molecule has 2 aromatic carbocycles. The highest BCUT2D eigenvalue weighted by molar-refractivity contribution is 7.13. The van der Waals surface area contributed by atoms with Gasteiger partial charge in [-0.3, -0.25) is 4.79 Å². The first-order valence-electron chi connectivity index (χ1n) is 10.9. The monoisotopic (exact) mass is 438 g/mol. The Balaban J connectivity index is 1.21. The third kappa shape index (κ3) is 3.28. The fraction of sp³-hybridized carbons (Fsp3) is 0.192. The summed E-state index contributed by atoms with van der Waals surface area (Å²) in [4.78, 5) is 28.2. The maximum absolute atomic E-state index is 13.4. The van der Waals surface area contributed by atoms with Crippen LogP contribution in [0.1, 0.15) is 10.4 Å². The summed E-state index contributed by atoms with van der Waals surface area (Å²) >= 11 is 1.67. The van der Waals surface area contributed by atoms with Gasteiger partial charge in [0.1, 0.15) is 0 Å². The van der Waals surface area contributed by atoms with Crippen LogP contribution < -0.4 is 4.90 Å². The number of aromatic nitrogens is 2. The molecular weight excluding hydrogens is 416 g/mol. The summed E-state index contributed by atoms with van der Waals surface area (Å²) in [6.07, 6.45) is 1.83. The molecule has 158 valence electrons. The summed E-state index contributed by atoms with van der Waals surface area (Å²) in [6, 6.07) is 24.4. The van der Waals surface area contributed by atoms with Crippen molar-refractivity contribution in [3.8, 4) is 21.7 Å². The number of likely N-dealkylation sites (tertiary alicyclic amines) is 1. The molecule has 6 rings (SSSR count). The van der Waals surface area contributed by atoms with Crippen molar-refractivity contribution in [1.29, 1.82) is 0 Å². The van der Waals surface area contributed by atoms with Gasteiger partial charge in [-0.1, -0.05) is 54.6 Å². The predicted octanol–water partition coefficient (Wildman–Crippen LogP) is 4.83. The number of anilines is 1. The van der Waals surface area contributed by atoms with Gasteiger partial charge in [-0.25, -0.2) is 9.97 Å². The van der Waals surface area contributed by atoms with Crippen molar-refractivity contribution in [3.63, 3.8) is 0 Å². The van der Waals surface area contributed by atoms with Crippen LogP contribution in [0.5, 0.6) is 0 Å². The molecule has 1 amide bonds. The third-order valence-electron chi connectivity index (χ3n) is 6.44. The van der Waals surface area contributed by atoms with Gasteiger partial charge in [-0.2, -0.15) is 0 Å². The van der Waals surface area contributed by atoms with Crippen molar-refractivity contribution >= 4 is 23.2 Å². The molecule has 32 heavy (non-hydrogen) atoms. The number of thiophene rings is 1. The van der Waals surface area contributed by atoms with E-state index in [4.69, 9.17) is 4.98 Å². The molecule has 6 heteroatoms. The second kappa shape index (κ2) is 7.88. The van der Waals surface area contributed by atoms with E-state index in [2.05, 4.69) is 28.1 Å². The lowest BCUT2D eigenvalue weighted by molar-refractivity contribution is 0.0790. The molecule has 5 nitrogen and oxygen atoms in total. The second-order valence-electron chi connectivity index (χ2n) is 8.32. The van der Waals surface area contributed by atoms with Crippen molar-refractivity contribution in [2.75, 3.05) is 24.5 Å². The third-order valence-corrected chi connectivity index (χ3v) is 7.34. The standard InChI is InChI=1S/C26H22N4OS/c31-25(21-10-5-4-9-20(21)24-11-6-14-32-24)29-15-19-16-30(23(19)17-29)26-27-13-12-22(28-26)18-7-2-1-3-8-18/h1-14,19,23H,15-17H2/t19-,23-/m0/s1. The molecule has 0 bridgehead atoms. The maximum atomic E-state index is 13.4. The van der Waals surface area contributed by atoms with E-state index in [1.54, 1.807) is 11.3 Å². The van der Waals surface area contributed by atoms with Crippen LogP contribution in [-0.4, -0.2) is 46.5 Å². The topological polar surface area (TPSA) is 49.3 Å². The van der Waals surface area contributed by atoms with Gasteiger partial charge in [-0.05, 0) is 23.6 Å². The van der Waals surface area contributed by atoms with Crippen LogP contribution in [0.4, 0.5) is 5.95 Å². The average molecular weight is 439 g/mol. The number of fused-ring (bicyclic) bond motifs is 1.